The smallest absolute Gasteiger partial charge is 0.191 e. The van der Waals surface area contributed by atoms with Crippen LogP contribution in [0.5, 0.6) is 5.75 Å². The van der Waals surface area contributed by atoms with Crippen LogP contribution in [0.2, 0.25) is 0 Å². The van der Waals surface area contributed by atoms with E-state index < -0.39 is 0 Å². The molecule has 26 heavy (non-hydrogen) atoms. The number of halogens is 1. The second kappa shape index (κ2) is 12.5. The minimum absolute atomic E-state index is 0. The fraction of sp³-hybridized carbons (Fsp3) is 0.400. The van der Waals surface area contributed by atoms with Gasteiger partial charge in [0.2, 0.25) is 0 Å². The van der Waals surface area contributed by atoms with Gasteiger partial charge in [0.05, 0.1) is 6.54 Å². The van der Waals surface area contributed by atoms with Crippen molar-refractivity contribution < 1.29 is 4.74 Å². The van der Waals surface area contributed by atoms with E-state index in [2.05, 4.69) is 46.6 Å². The zero-order chi connectivity index (χ0) is 17.9. The summed E-state index contributed by atoms with van der Waals surface area (Å²) in [6.07, 6.45) is 4.60. The topological polar surface area (TPSA) is 58.5 Å². The number of aromatic nitrogens is 1. The molecule has 1 aromatic heterocycles. The van der Waals surface area contributed by atoms with Crippen molar-refractivity contribution in [2.24, 2.45) is 4.99 Å². The van der Waals surface area contributed by atoms with Gasteiger partial charge >= 0.3 is 0 Å². The first-order valence-electron chi connectivity index (χ1n) is 8.81. The molecule has 0 spiro atoms. The largest absolute Gasteiger partial charge is 0.489 e. The van der Waals surface area contributed by atoms with E-state index in [4.69, 9.17) is 4.74 Å². The van der Waals surface area contributed by atoms with Crippen molar-refractivity contribution in [2.45, 2.75) is 33.3 Å². The van der Waals surface area contributed by atoms with Gasteiger partial charge in [0.1, 0.15) is 11.9 Å². The van der Waals surface area contributed by atoms with Crippen molar-refractivity contribution in [3.05, 3.63) is 59.9 Å². The van der Waals surface area contributed by atoms with Gasteiger partial charge in [0.25, 0.3) is 0 Å². The van der Waals surface area contributed by atoms with Gasteiger partial charge in [0.15, 0.2) is 5.96 Å². The first-order valence-corrected chi connectivity index (χ1v) is 8.81. The van der Waals surface area contributed by atoms with E-state index in [1.54, 1.807) is 6.20 Å². The molecule has 0 aliphatic carbocycles. The summed E-state index contributed by atoms with van der Waals surface area (Å²) in [5.41, 5.74) is 2.40. The maximum absolute atomic E-state index is 5.93. The molecule has 0 amide bonds. The molecule has 1 aromatic carbocycles. The summed E-state index contributed by atoms with van der Waals surface area (Å²) < 4.78 is 5.93. The van der Waals surface area contributed by atoms with E-state index in [9.17, 15) is 0 Å². The third-order valence-electron chi connectivity index (χ3n) is 3.61. The Morgan fingerprint density at radius 3 is 2.77 bits per heavy atom. The van der Waals surface area contributed by atoms with E-state index >= 15 is 0 Å². The molecule has 142 valence electrons. The van der Waals surface area contributed by atoms with Gasteiger partial charge in [-0.25, -0.2) is 4.99 Å². The summed E-state index contributed by atoms with van der Waals surface area (Å²) in [5, 5.41) is 6.62. The van der Waals surface area contributed by atoms with Crippen LogP contribution in [0.4, 0.5) is 0 Å². The van der Waals surface area contributed by atoms with Crippen molar-refractivity contribution in [1.82, 2.24) is 15.6 Å². The zero-order valence-corrected chi connectivity index (χ0v) is 18.1. The fourth-order valence-electron chi connectivity index (χ4n) is 2.39. The highest BCUT2D eigenvalue weighted by Crippen LogP contribution is 2.14. The Labute approximate surface area is 173 Å². The van der Waals surface area contributed by atoms with Crippen LogP contribution < -0.4 is 15.4 Å². The number of aryl methyl sites for hydroxylation is 1. The Kier molecular flexibility index (Phi) is 10.7. The predicted octanol–water partition coefficient (Wildman–Crippen LogP) is 3.57. The van der Waals surface area contributed by atoms with Gasteiger partial charge in [-0.15, -0.1) is 24.0 Å². The lowest BCUT2D eigenvalue weighted by molar-refractivity contribution is 0.230. The van der Waals surface area contributed by atoms with Gasteiger partial charge in [0, 0.05) is 25.5 Å². The number of rotatable bonds is 8. The summed E-state index contributed by atoms with van der Waals surface area (Å²) in [5.74, 6) is 1.70. The van der Waals surface area contributed by atoms with E-state index in [1.807, 2.05) is 37.4 Å². The average molecular weight is 468 g/mol. The zero-order valence-electron chi connectivity index (χ0n) is 15.7. The Hall–Kier alpha value is -1.83. The van der Waals surface area contributed by atoms with Gasteiger partial charge in [-0.2, -0.15) is 0 Å². The maximum atomic E-state index is 5.93. The number of nitrogens with zero attached hydrogens (tertiary/aromatic N) is 2. The molecule has 2 rings (SSSR count). The molecule has 1 atom stereocenters. The van der Waals surface area contributed by atoms with Crippen molar-refractivity contribution in [1.29, 1.82) is 0 Å². The van der Waals surface area contributed by atoms with Crippen LogP contribution in [0.25, 0.3) is 0 Å². The number of benzene rings is 1. The van der Waals surface area contributed by atoms with Crippen LogP contribution in [0.3, 0.4) is 0 Å². The minimum Gasteiger partial charge on any atom is -0.489 e. The van der Waals surface area contributed by atoms with Crippen LogP contribution in [0, 0.1) is 6.92 Å². The van der Waals surface area contributed by atoms with Crippen LogP contribution in [-0.4, -0.2) is 36.7 Å². The van der Waals surface area contributed by atoms with Crippen molar-refractivity contribution in [3.63, 3.8) is 0 Å². The van der Waals surface area contributed by atoms with Gasteiger partial charge in [-0.05, 0) is 56.5 Å². The molecule has 0 saturated carbocycles. The monoisotopic (exact) mass is 468 g/mol. The van der Waals surface area contributed by atoms with Crippen molar-refractivity contribution in [3.8, 4) is 5.75 Å². The number of hydrogen-bond acceptors (Lipinski definition) is 3. The van der Waals surface area contributed by atoms with Crippen LogP contribution in [0.15, 0.2) is 53.8 Å². The van der Waals surface area contributed by atoms with Gasteiger partial charge in [-0.1, -0.05) is 18.2 Å². The summed E-state index contributed by atoms with van der Waals surface area (Å²) in [6.45, 7) is 8.38. The molecule has 1 heterocycles. The predicted molar refractivity (Wildman–Crippen MR) is 119 cm³/mol. The lowest BCUT2D eigenvalue weighted by Gasteiger charge is -2.15. The van der Waals surface area contributed by atoms with E-state index in [0.717, 1.165) is 31.2 Å². The fourth-order valence-corrected chi connectivity index (χ4v) is 2.39. The lowest BCUT2D eigenvalue weighted by atomic mass is 10.2. The number of hydrogen-bond donors (Lipinski definition) is 2. The van der Waals surface area contributed by atoms with Crippen molar-refractivity contribution in [2.75, 3.05) is 19.6 Å². The number of aliphatic imine (C=N–C) groups is 1. The highest BCUT2D eigenvalue weighted by molar-refractivity contribution is 14.0. The molecule has 6 heteroatoms. The summed E-state index contributed by atoms with van der Waals surface area (Å²) in [6, 6.07) is 12.1. The number of pyridine rings is 1. The van der Waals surface area contributed by atoms with Crippen LogP contribution >= 0.6 is 24.0 Å². The Morgan fingerprint density at radius 1 is 1.23 bits per heavy atom. The molecule has 2 N–H and O–H groups in total. The Morgan fingerprint density at radius 2 is 2.08 bits per heavy atom. The standard InChI is InChI=1S/C20H28N4O.HI/c1-4-22-20(23-12-10-18-8-6-11-21-15-18)24-14-17(3)25-19-9-5-7-16(2)13-19;/h5-9,11,13,15,17H,4,10,12,14H2,1-3H3,(H2,22,23,24);1H. The Balaban J connectivity index is 0.00000338. The second-order valence-corrected chi connectivity index (χ2v) is 6.00. The molecular formula is C20H29IN4O. The molecule has 0 aliphatic heterocycles. The quantitative estimate of drug-likeness (QED) is 0.354. The van der Waals surface area contributed by atoms with Crippen molar-refractivity contribution >= 4 is 29.9 Å². The highest BCUT2D eigenvalue weighted by atomic mass is 127. The van der Waals surface area contributed by atoms with Crippen LogP contribution in [0.1, 0.15) is 25.0 Å². The molecule has 0 radical (unpaired) electrons. The van der Waals surface area contributed by atoms with E-state index in [-0.39, 0.29) is 30.1 Å². The first kappa shape index (κ1) is 22.2. The SMILES string of the molecule is CCNC(=NCC(C)Oc1cccc(C)c1)NCCc1cccnc1.I. The lowest BCUT2D eigenvalue weighted by Crippen LogP contribution is -2.39. The Bertz CT molecular complexity index is 664. The molecule has 0 bridgehead atoms. The summed E-state index contributed by atoms with van der Waals surface area (Å²) in [7, 11) is 0. The second-order valence-electron chi connectivity index (χ2n) is 6.00. The number of guanidine groups is 1. The number of ether oxygens (including phenoxy) is 1. The minimum atomic E-state index is 0. The molecule has 2 aromatic rings. The molecule has 0 saturated heterocycles. The number of nitrogens with one attached hydrogen (secondary N) is 2. The molecule has 1 unspecified atom stereocenters. The summed E-state index contributed by atoms with van der Waals surface area (Å²) in [4.78, 5) is 8.75. The van der Waals surface area contributed by atoms with Crippen LogP contribution in [-0.2, 0) is 6.42 Å². The normalized spacial score (nSPS) is 12.0. The summed E-state index contributed by atoms with van der Waals surface area (Å²) >= 11 is 0. The molecule has 0 aliphatic rings. The third-order valence-corrected chi connectivity index (χ3v) is 3.61. The third kappa shape index (κ3) is 8.51. The molecular weight excluding hydrogens is 439 g/mol. The molecule has 5 nitrogen and oxygen atoms in total. The average Bonchev–Trinajstić information content (AvgIpc) is 2.60. The van der Waals surface area contributed by atoms with Gasteiger partial charge < -0.3 is 15.4 Å². The van der Waals surface area contributed by atoms with E-state index in [1.165, 1.54) is 11.1 Å². The van der Waals surface area contributed by atoms with Gasteiger partial charge in [-0.3, -0.25) is 4.98 Å². The van der Waals surface area contributed by atoms with E-state index in [0.29, 0.717) is 6.54 Å². The molecule has 0 fully saturated rings. The maximum Gasteiger partial charge on any atom is 0.191 e. The first-order chi connectivity index (χ1) is 12.2. The highest BCUT2D eigenvalue weighted by Gasteiger charge is 2.05.